The van der Waals surface area contributed by atoms with Crippen LogP contribution in [0.15, 0.2) is 48.5 Å². The molecule has 0 aliphatic carbocycles. The molecule has 0 atom stereocenters. The first-order valence-electron chi connectivity index (χ1n) is 8.51. The molecule has 0 spiro atoms. The number of benzene rings is 2. The molecule has 8 heteroatoms. The largest absolute Gasteiger partial charge is 0.454 e. The number of hydrogen-bond donors (Lipinski definition) is 3. The third-order valence-corrected chi connectivity index (χ3v) is 3.71. The third-order valence-electron chi connectivity index (χ3n) is 3.71. The number of aryl methyl sites for hydroxylation is 1. The summed E-state index contributed by atoms with van der Waals surface area (Å²) >= 11 is 0. The van der Waals surface area contributed by atoms with Crippen molar-refractivity contribution in [2.75, 3.05) is 25.5 Å². The van der Waals surface area contributed by atoms with E-state index >= 15 is 0 Å². The van der Waals surface area contributed by atoms with Gasteiger partial charge in [0, 0.05) is 23.9 Å². The predicted molar refractivity (Wildman–Crippen MR) is 103 cm³/mol. The standard InChI is InChI=1S/C20H21N3O5/c1-13-6-8-14(9-7-13)20(27)22-11-18(25)28-12-17(24)23-16-5-3-4-15(10-16)19(26)21-2/h3-10H,11-12H2,1-2H3,(H,21,26)(H,22,27)(H,23,24). The van der Waals surface area contributed by atoms with E-state index < -0.39 is 24.4 Å². The molecule has 0 fully saturated rings. The Hall–Kier alpha value is -3.68. The zero-order valence-electron chi connectivity index (χ0n) is 15.6. The molecule has 3 amide bonds. The van der Waals surface area contributed by atoms with Gasteiger partial charge < -0.3 is 20.7 Å². The highest BCUT2D eigenvalue weighted by atomic mass is 16.5. The molecule has 0 aliphatic rings. The quantitative estimate of drug-likeness (QED) is 0.623. The molecule has 0 heterocycles. The molecule has 8 nitrogen and oxygen atoms in total. The maximum Gasteiger partial charge on any atom is 0.325 e. The number of esters is 1. The van der Waals surface area contributed by atoms with Crippen LogP contribution in [0.5, 0.6) is 0 Å². The number of nitrogens with one attached hydrogen (secondary N) is 3. The van der Waals surface area contributed by atoms with Gasteiger partial charge in [0.25, 0.3) is 17.7 Å². The minimum absolute atomic E-state index is 0.285. The minimum atomic E-state index is -0.741. The summed E-state index contributed by atoms with van der Waals surface area (Å²) in [5, 5.41) is 7.44. The Morgan fingerprint density at radius 2 is 1.64 bits per heavy atom. The van der Waals surface area contributed by atoms with Crippen molar-refractivity contribution < 1.29 is 23.9 Å². The zero-order chi connectivity index (χ0) is 20.5. The van der Waals surface area contributed by atoms with Gasteiger partial charge in [0.1, 0.15) is 6.54 Å². The molecular formula is C20H21N3O5. The monoisotopic (exact) mass is 383 g/mol. The molecule has 28 heavy (non-hydrogen) atoms. The van der Waals surface area contributed by atoms with Gasteiger partial charge in [-0.1, -0.05) is 23.8 Å². The molecular weight excluding hydrogens is 362 g/mol. The van der Waals surface area contributed by atoms with Gasteiger partial charge in [-0.25, -0.2) is 0 Å². The summed E-state index contributed by atoms with van der Waals surface area (Å²) in [5.74, 6) is -2.00. The zero-order valence-corrected chi connectivity index (χ0v) is 15.6. The normalized spacial score (nSPS) is 9.93. The van der Waals surface area contributed by atoms with E-state index in [-0.39, 0.29) is 12.5 Å². The second-order valence-electron chi connectivity index (χ2n) is 5.92. The highest BCUT2D eigenvalue weighted by Crippen LogP contribution is 2.10. The summed E-state index contributed by atoms with van der Waals surface area (Å²) in [6.45, 7) is 1.04. The van der Waals surface area contributed by atoms with Gasteiger partial charge in [-0.05, 0) is 37.3 Å². The fraction of sp³-hybridized carbons (Fsp3) is 0.200. The second-order valence-corrected chi connectivity index (χ2v) is 5.92. The number of carbonyl (C=O) groups is 4. The van der Waals surface area contributed by atoms with Crippen molar-refractivity contribution in [2.45, 2.75) is 6.92 Å². The van der Waals surface area contributed by atoms with E-state index in [1.54, 1.807) is 42.5 Å². The SMILES string of the molecule is CNC(=O)c1cccc(NC(=O)COC(=O)CNC(=O)c2ccc(C)cc2)c1. The van der Waals surface area contributed by atoms with Gasteiger partial charge in [-0.15, -0.1) is 0 Å². The Kier molecular flexibility index (Phi) is 7.27. The van der Waals surface area contributed by atoms with Crippen molar-refractivity contribution in [1.82, 2.24) is 10.6 Å². The number of carbonyl (C=O) groups excluding carboxylic acids is 4. The summed E-state index contributed by atoms with van der Waals surface area (Å²) in [6.07, 6.45) is 0. The van der Waals surface area contributed by atoms with Crippen molar-refractivity contribution in [3.05, 3.63) is 65.2 Å². The Labute approximate surface area is 162 Å². The summed E-state index contributed by atoms with van der Waals surface area (Å²) in [6, 6.07) is 13.2. The van der Waals surface area contributed by atoms with Crippen molar-refractivity contribution >= 4 is 29.4 Å². The van der Waals surface area contributed by atoms with E-state index in [2.05, 4.69) is 16.0 Å². The lowest BCUT2D eigenvalue weighted by Gasteiger charge is -2.09. The molecule has 3 N–H and O–H groups in total. The van der Waals surface area contributed by atoms with Crippen LogP contribution in [0, 0.1) is 6.92 Å². The van der Waals surface area contributed by atoms with Crippen LogP contribution in [0.3, 0.4) is 0 Å². The van der Waals surface area contributed by atoms with Crippen LogP contribution in [0.1, 0.15) is 26.3 Å². The number of amides is 3. The fourth-order valence-corrected chi connectivity index (χ4v) is 2.24. The van der Waals surface area contributed by atoms with Gasteiger partial charge >= 0.3 is 5.97 Å². The lowest BCUT2D eigenvalue weighted by atomic mass is 10.1. The maximum absolute atomic E-state index is 11.9. The fourth-order valence-electron chi connectivity index (χ4n) is 2.24. The van der Waals surface area contributed by atoms with Crippen LogP contribution < -0.4 is 16.0 Å². The van der Waals surface area contributed by atoms with Crippen LogP contribution in [0.2, 0.25) is 0 Å². The molecule has 2 aromatic rings. The van der Waals surface area contributed by atoms with Crippen LogP contribution in [0.25, 0.3) is 0 Å². The first kappa shape index (κ1) is 20.6. The van der Waals surface area contributed by atoms with E-state index in [0.29, 0.717) is 16.8 Å². The van der Waals surface area contributed by atoms with Crippen LogP contribution in [0.4, 0.5) is 5.69 Å². The van der Waals surface area contributed by atoms with Crippen molar-refractivity contribution in [3.63, 3.8) is 0 Å². The number of hydrogen-bond acceptors (Lipinski definition) is 5. The summed E-state index contributed by atoms with van der Waals surface area (Å²) in [5.41, 5.74) is 2.22. The summed E-state index contributed by atoms with van der Waals surface area (Å²) in [7, 11) is 1.50. The van der Waals surface area contributed by atoms with Crippen LogP contribution >= 0.6 is 0 Å². The lowest BCUT2D eigenvalue weighted by Crippen LogP contribution is -2.32. The summed E-state index contributed by atoms with van der Waals surface area (Å²) < 4.78 is 4.84. The van der Waals surface area contributed by atoms with Crippen molar-refractivity contribution in [2.24, 2.45) is 0 Å². The number of anilines is 1. The Morgan fingerprint density at radius 3 is 2.32 bits per heavy atom. The average Bonchev–Trinajstić information content (AvgIpc) is 2.70. The minimum Gasteiger partial charge on any atom is -0.454 e. The molecule has 146 valence electrons. The average molecular weight is 383 g/mol. The van der Waals surface area contributed by atoms with Gasteiger partial charge in [-0.3, -0.25) is 19.2 Å². The molecule has 0 saturated heterocycles. The van der Waals surface area contributed by atoms with Gasteiger partial charge in [0.05, 0.1) is 0 Å². The van der Waals surface area contributed by atoms with Gasteiger partial charge in [0.2, 0.25) is 0 Å². The maximum atomic E-state index is 11.9. The van der Waals surface area contributed by atoms with Crippen LogP contribution in [-0.2, 0) is 14.3 Å². The molecule has 2 rings (SSSR count). The van der Waals surface area contributed by atoms with Crippen molar-refractivity contribution in [1.29, 1.82) is 0 Å². The van der Waals surface area contributed by atoms with E-state index in [1.165, 1.54) is 13.1 Å². The number of rotatable bonds is 7. The topological polar surface area (TPSA) is 114 Å². The molecule has 0 aliphatic heterocycles. The molecule has 0 saturated carbocycles. The Bertz CT molecular complexity index is 878. The molecule has 0 unspecified atom stereocenters. The molecule has 2 aromatic carbocycles. The van der Waals surface area contributed by atoms with E-state index in [9.17, 15) is 19.2 Å². The van der Waals surface area contributed by atoms with Gasteiger partial charge in [0.15, 0.2) is 6.61 Å². The molecule has 0 aromatic heterocycles. The first-order chi connectivity index (χ1) is 13.4. The van der Waals surface area contributed by atoms with E-state index in [1.807, 2.05) is 6.92 Å². The summed E-state index contributed by atoms with van der Waals surface area (Å²) in [4.78, 5) is 47.1. The lowest BCUT2D eigenvalue weighted by molar-refractivity contribution is -0.146. The van der Waals surface area contributed by atoms with E-state index in [0.717, 1.165) is 5.56 Å². The second kappa shape index (κ2) is 9.86. The molecule has 0 bridgehead atoms. The highest BCUT2D eigenvalue weighted by Gasteiger charge is 2.11. The molecule has 0 radical (unpaired) electrons. The van der Waals surface area contributed by atoms with Crippen molar-refractivity contribution in [3.8, 4) is 0 Å². The smallest absolute Gasteiger partial charge is 0.325 e. The highest BCUT2D eigenvalue weighted by molar-refractivity contribution is 5.98. The number of ether oxygens (including phenoxy) is 1. The third kappa shape index (κ3) is 6.24. The Balaban J connectivity index is 1.76. The van der Waals surface area contributed by atoms with E-state index in [4.69, 9.17) is 4.74 Å². The van der Waals surface area contributed by atoms with Crippen LogP contribution in [-0.4, -0.2) is 43.9 Å². The predicted octanol–water partition coefficient (Wildman–Crippen LogP) is 1.27. The first-order valence-corrected chi connectivity index (χ1v) is 8.51. The Morgan fingerprint density at radius 1 is 0.929 bits per heavy atom. The van der Waals surface area contributed by atoms with Gasteiger partial charge in [-0.2, -0.15) is 0 Å².